The van der Waals surface area contributed by atoms with Gasteiger partial charge in [0.2, 0.25) is 11.8 Å². The Hall–Kier alpha value is -2.70. The highest BCUT2D eigenvalue weighted by Gasteiger charge is 2.34. The van der Waals surface area contributed by atoms with Crippen molar-refractivity contribution in [3.8, 4) is 0 Å². The third-order valence-electron chi connectivity index (χ3n) is 4.37. The van der Waals surface area contributed by atoms with Crippen LogP contribution in [0.25, 0.3) is 0 Å². The zero-order valence-electron chi connectivity index (χ0n) is 14.6. The molecule has 26 heavy (non-hydrogen) atoms. The van der Waals surface area contributed by atoms with E-state index >= 15 is 0 Å². The summed E-state index contributed by atoms with van der Waals surface area (Å²) in [7, 11) is 0. The smallest absolute Gasteiger partial charge is 0.249 e. The van der Waals surface area contributed by atoms with E-state index in [4.69, 9.17) is 4.74 Å². The fourth-order valence-electron chi connectivity index (χ4n) is 3.06. The summed E-state index contributed by atoms with van der Waals surface area (Å²) in [6.07, 6.45) is -0.880. The second-order valence-corrected chi connectivity index (χ2v) is 6.34. The number of benzene rings is 2. The van der Waals surface area contributed by atoms with Gasteiger partial charge in [-0.25, -0.2) is 0 Å². The van der Waals surface area contributed by atoms with E-state index in [-0.39, 0.29) is 25.0 Å². The molecule has 0 saturated carbocycles. The molecule has 0 radical (unpaired) electrons. The number of amides is 2. The molecule has 6 nitrogen and oxygen atoms in total. The van der Waals surface area contributed by atoms with E-state index in [0.29, 0.717) is 17.8 Å². The Morgan fingerprint density at radius 2 is 1.92 bits per heavy atom. The predicted molar refractivity (Wildman–Crippen MR) is 97.3 cm³/mol. The molecular weight excluding hydrogens is 332 g/mol. The summed E-state index contributed by atoms with van der Waals surface area (Å²) >= 11 is 0. The van der Waals surface area contributed by atoms with E-state index in [1.54, 1.807) is 29.2 Å². The van der Waals surface area contributed by atoms with E-state index < -0.39 is 12.1 Å². The molecule has 0 spiro atoms. The molecule has 2 aromatic carbocycles. The van der Waals surface area contributed by atoms with Gasteiger partial charge in [-0.05, 0) is 23.3 Å². The van der Waals surface area contributed by atoms with Crippen molar-refractivity contribution in [3.63, 3.8) is 0 Å². The second-order valence-electron chi connectivity index (χ2n) is 6.34. The van der Waals surface area contributed by atoms with Crippen LogP contribution in [0.4, 0.5) is 5.69 Å². The fraction of sp³-hybridized carbons (Fsp3) is 0.300. The normalized spacial score (nSPS) is 18.5. The number of anilines is 1. The van der Waals surface area contributed by atoms with Gasteiger partial charge in [0, 0.05) is 19.2 Å². The summed E-state index contributed by atoms with van der Waals surface area (Å²) in [5.74, 6) is -0.294. The van der Waals surface area contributed by atoms with E-state index in [2.05, 4.69) is 5.32 Å². The number of hydrogen-bond acceptors (Lipinski definition) is 4. The highest BCUT2D eigenvalue weighted by molar-refractivity contribution is 5.88. The van der Waals surface area contributed by atoms with Crippen molar-refractivity contribution in [1.82, 2.24) is 4.90 Å². The number of morpholine rings is 1. The number of aliphatic hydroxyl groups is 1. The predicted octanol–water partition coefficient (Wildman–Crippen LogP) is 2.11. The molecule has 1 saturated heterocycles. The molecule has 2 atom stereocenters. The van der Waals surface area contributed by atoms with Crippen LogP contribution in [-0.2, 0) is 20.9 Å². The summed E-state index contributed by atoms with van der Waals surface area (Å²) in [4.78, 5) is 25.1. The lowest BCUT2D eigenvalue weighted by molar-refractivity contribution is -0.155. The van der Waals surface area contributed by atoms with Gasteiger partial charge in [0.05, 0.1) is 12.6 Å². The number of nitrogens with zero attached hydrogens (tertiary/aromatic N) is 1. The van der Waals surface area contributed by atoms with Crippen LogP contribution in [0.5, 0.6) is 0 Å². The van der Waals surface area contributed by atoms with Crippen LogP contribution in [-0.4, -0.2) is 41.1 Å². The molecule has 0 unspecified atom stereocenters. The molecule has 6 heteroatoms. The van der Waals surface area contributed by atoms with Crippen molar-refractivity contribution in [2.45, 2.75) is 25.6 Å². The lowest BCUT2D eigenvalue weighted by atomic mass is 9.99. The molecule has 2 aromatic rings. The Morgan fingerprint density at radius 3 is 2.58 bits per heavy atom. The number of rotatable bonds is 5. The van der Waals surface area contributed by atoms with E-state index in [1.165, 1.54) is 6.92 Å². The van der Waals surface area contributed by atoms with Crippen LogP contribution in [0.15, 0.2) is 54.6 Å². The molecular formula is C20H22N2O4. The average Bonchev–Trinajstić information content (AvgIpc) is 2.64. The average molecular weight is 354 g/mol. The Kier molecular flexibility index (Phi) is 5.65. The highest BCUT2D eigenvalue weighted by Crippen LogP contribution is 2.26. The largest absolute Gasteiger partial charge is 0.386 e. The van der Waals surface area contributed by atoms with Gasteiger partial charge >= 0.3 is 0 Å². The SMILES string of the molecule is CC(=O)Nc1ccc([C@@H](O)[C@H]2COCC(=O)N2Cc2ccccc2)cc1. The number of ether oxygens (including phenoxy) is 1. The fourth-order valence-corrected chi connectivity index (χ4v) is 3.06. The number of carbonyl (C=O) groups is 2. The Bertz CT molecular complexity index is 761. The maximum absolute atomic E-state index is 12.4. The van der Waals surface area contributed by atoms with Crippen LogP contribution < -0.4 is 5.32 Å². The van der Waals surface area contributed by atoms with Crippen LogP contribution in [0.2, 0.25) is 0 Å². The van der Waals surface area contributed by atoms with Gasteiger partial charge in [0.15, 0.2) is 0 Å². The maximum Gasteiger partial charge on any atom is 0.249 e. The van der Waals surface area contributed by atoms with E-state index in [1.807, 2.05) is 30.3 Å². The minimum Gasteiger partial charge on any atom is -0.386 e. The van der Waals surface area contributed by atoms with Crippen molar-refractivity contribution in [2.24, 2.45) is 0 Å². The zero-order chi connectivity index (χ0) is 18.5. The van der Waals surface area contributed by atoms with Gasteiger partial charge in [0.25, 0.3) is 0 Å². The summed E-state index contributed by atoms with van der Waals surface area (Å²) in [5.41, 5.74) is 2.33. The molecule has 1 heterocycles. The summed E-state index contributed by atoms with van der Waals surface area (Å²) in [6.45, 7) is 2.16. The molecule has 2 N–H and O–H groups in total. The maximum atomic E-state index is 12.4. The van der Waals surface area contributed by atoms with Crippen molar-refractivity contribution < 1.29 is 19.4 Å². The van der Waals surface area contributed by atoms with Gasteiger partial charge < -0.3 is 20.1 Å². The Balaban J connectivity index is 1.77. The van der Waals surface area contributed by atoms with E-state index in [9.17, 15) is 14.7 Å². The third-order valence-corrected chi connectivity index (χ3v) is 4.37. The first-order chi connectivity index (χ1) is 12.5. The molecule has 0 aromatic heterocycles. The third kappa shape index (κ3) is 4.28. The molecule has 1 aliphatic heterocycles. The van der Waals surface area contributed by atoms with Gasteiger partial charge in [0.1, 0.15) is 12.7 Å². The van der Waals surface area contributed by atoms with Gasteiger partial charge in [-0.3, -0.25) is 9.59 Å². The molecule has 1 aliphatic rings. The molecule has 136 valence electrons. The first kappa shape index (κ1) is 18.1. The topological polar surface area (TPSA) is 78.9 Å². The summed E-state index contributed by atoms with van der Waals surface area (Å²) in [5, 5.41) is 13.5. The van der Waals surface area contributed by atoms with Gasteiger partial charge in [-0.15, -0.1) is 0 Å². The molecule has 3 rings (SSSR count). The quantitative estimate of drug-likeness (QED) is 0.862. The molecule has 1 fully saturated rings. The molecule has 2 amide bonds. The lowest BCUT2D eigenvalue weighted by Gasteiger charge is -2.38. The molecule has 0 bridgehead atoms. The first-order valence-electron chi connectivity index (χ1n) is 8.51. The van der Waals surface area contributed by atoms with Gasteiger partial charge in [-0.1, -0.05) is 42.5 Å². The highest BCUT2D eigenvalue weighted by atomic mass is 16.5. The van der Waals surface area contributed by atoms with Crippen LogP contribution >= 0.6 is 0 Å². The minimum absolute atomic E-state index is 0.0253. The van der Waals surface area contributed by atoms with Crippen molar-refractivity contribution in [2.75, 3.05) is 18.5 Å². The zero-order valence-corrected chi connectivity index (χ0v) is 14.6. The van der Waals surface area contributed by atoms with Crippen LogP contribution in [0.3, 0.4) is 0 Å². The second kappa shape index (κ2) is 8.12. The monoisotopic (exact) mass is 354 g/mol. The summed E-state index contributed by atoms with van der Waals surface area (Å²) < 4.78 is 5.37. The summed E-state index contributed by atoms with van der Waals surface area (Å²) in [6, 6.07) is 16.2. The van der Waals surface area contributed by atoms with E-state index in [0.717, 1.165) is 5.56 Å². The number of nitrogens with one attached hydrogen (secondary N) is 1. The van der Waals surface area contributed by atoms with Gasteiger partial charge in [-0.2, -0.15) is 0 Å². The van der Waals surface area contributed by atoms with Crippen LogP contribution in [0.1, 0.15) is 24.2 Å². The van der Waals surface area contributed by atoms with Crippen molar-refractivity contribution in [3.05, 3.63) is 65.7 Å². The first-order valence-corrected chi connectivity index (χ1v) is 8.51. The van der Waals surface area contributed by atoms with Crippen LogP contribution in [0, 0.1) is 0 Å². The number of aliphatic hydroxyl groups excluding tert-OH is 1. The number of carbonyl (C=O) groups excluding carboxylic acids is 2. The Labute approximate surface area is 152 Å². The van der Waals surface area contributed by atoms with Crippen molar-refractivity contribution in [1.29, 1.82) is 0 Å². The van der Waals surface area contributed by atoms with Crippen molar-refractivity contribution >= 4 is 17.5 Å². The Morgan fingerprint density at radius 1 is 1.23 bits per heavy atom. The lowest BCUT2D eigenvalue weighted by Crippen LogP contribution is -2.51. The molecule has 0 aliphatic carbocycles. The minimum atomic E-state index is -0.880. The number of hydrogen-bond donors (Lipinski definition) is 2. The standard InChI is InChI=1S/C20H22N2O4/c1-14(23)21-17-9-7-16(8-10-17)20(25)18-12-26-13-19(24)22(18)11-15-5-3-2-4-6-15/h2-10,18,20,25H,11-13H2,1H3,(H,21,23)/t18-,20-/m1/s1.